The van der Waals surface area contributed by atoms with Gasteiger partial charge in [-0.05, 0) is 18.6 Å². The Balaban J connectivity index is 2.78. The number of benzene rings is 1. The number of halogens is 4. The van der Waals surface area contributed by atoms with Crippen LogP contribution in [0.3, 0.4) is 0 Å². The molecular formula is C11H10Cl2F2O2. The lowest BCUT2D eigenvalue weighted by Crippen LogP contribution is -2.14. The Morgan fingerprint density at radius 3 is 2.53 bits per heavy atom. The van der Waals surface area contributed by atoms with E-state index in [1.54, 1.807) is 0 Å². The standard InChI is InChI=1S/C11H10Cl2F2O2/c12-7-3-4-8(9(13)6-7)11(14,15)5-1-2-10(16)17/h3-4,6H,1-2,5H2,(H,16,17). The SMILES string of the molecule is O=C(O)CCCC(F)(F)c1ccc(Cl)cc1Cl. The number of carboxylic acids is 1. The van der Waals surface area contributed by atoms with E-state index >= 15 is 0 Å². The van der Waals surface area contributed by atoms with Crippen LogP contribution in [0.1, 0.15) is 24.8 Å². The molecule has 0 bridgehead atoms. The number of alkyl halides is 2. The molecule has 0 saturated heterocycles. The number of hydrogen-bond donors (Lipinski definition) is 1. The predicted octanol–water partition coefficient (Wildman–Crippen LogP) is 4.34. The van der Waals surface area contributed by atoms with Crippen molar-refractivity contribution < 1.29 is 18.7 Å². The second-order valence-electron chi connectivity index (χ2n) is 3.58. The molecule has 0 aromatic heterocycles. The van der Waals surface area contributed by atoms with Gasteiger partial charge in [-0.25, -0.2) is 8.78 Å². The molecule has 1 N–H and O–H groups in total. The van der Waals surface area contributed by atoms with Gasteiger partial charge in [-0.3, -0.25) is 4.79 Å². The highest BCUT2D eigenvalue weighted by molar-refractivity contribution is 6.35. The van der Waals surface area contributed by atoms with Gasteiger partial charge in [0.05, 0.1) is 5.02 Å². The predicted molar refractivity (Wildman–Crippen MR) is 61.8 cm³/mol. The van der Waals surface area contributed by atoms with E-state index in [4.69, 9.17) is 28.3 Å². The number of carbonyl (C=O) groups is 1. The van der Waals surface area contributed by atoms with E-state index in [1.165, 1.54) is 12.1 Å². The summed E-state index contributed by atoms with van der Waals surface area (Å²) in [5.41, 5.74) is -0.325. The monoisotopic (exact) mass is 282 g/mol. The number of hydrogen-bond acceptors (Lipinski definition) is 1. The van der Waals surface area contributed by atoms with Gasteiger partial charge in [0.1, 0.15) is 0 Å². The minimum absolute atomic E-state index is 0.110. The zero-order valence-electron chi connectivity index (χ0n) is 8.72. The van der Waals surface area contributed by atoms with Crippen molar-refractivity contribution in [2.75, 3.05) is 0 Å². The van der Waals surface area contributed by atoms with Crippen LogP contribution in [-0.4, -0.2) is 11.1 Å². The van der Waals surface area contributed by atoms with Crippen LogP contribution in [0.5, 0.6) is 0 Å². The summed E-state index contributed by atoms with van der Waals surface area (Å²) in [5.74, 6) is -4.24. The molecule has 0 fully saturated rings. The van der Waals surface area contributed by atoms with Crippen LogP contribution in [0, 0.1) is 0 Å². The molecule has 0 amide bonds. The largest absolute Gasteiger partial charge is 0.481 e. The van der Waals surface area contributed by atoms with Crippen molar-refractivity contribution >= 4 is 29.2 Å². The van der Waals surface area contributed by atoms with Crippen molar-refractivity contribution in [3.05, 3.63) is 33.8 Å². The van der Waals surface area contributed by atoms with Gasteiger partial charge in [-0.2, -0.15) is 0 Å². The summed E-state index contributed by atoms with van der Waals surface area (Å²) in [4.78, 5) is 10.2. The Kier molecular flexibility index (Phi) is 4.71. The van der Waals surface area contributed by atoms with Crippen LogP contribution < -0.4 is 0 Å². The molecule has 1 aromatic carbocycles. The summed E-state index contributed by atoms with van der Waals surface area (Å²) >= 11 is 11.3. The second-order valence-corrected chi connectivity index (χ2v) is 4.42. The van der Waals surface area contributed by atoms with E-state index in [0.717, 1.165) is 6.07 Å². The van der Waals surface area contributed by atoms with Gasteiger partial charge in [0.2, 0.25) is 0 Å². The normalized spacial score (nSPS) is 11.5. The average molecular weight is 283 g/mol. The van der Waals surface area contributed by atoms with Crippen LogP contribution in [-0.2, 0) is 10.7 Å². The Morgan fingerprint density at radius 2 is 2.00 bits per heavy atom. The maximum absolute atomic E-state index is 13.7. The molecule has 17 heavy (non-hydrogen) atoms. The molecule has 0 unspecified atom stereocenters. The fourth-order valence-corrected chi connectivity index (χ4v) is 1.93. The maximum atomic E-state index is 13.7. The van der Waals surface area contributed by atoms with E-state index in [9.17, 15) is 13.6 Å². The van der Waals surface area contributed by atoms with E-state index in [0.29, 0.717) is 0 Å². The fourth-order valence-electron chi connectivity index (χ4n) is 1.38. The van der Waals surface area contributed by atoms with E-state index in [2.05, 4.69) is 0 Å². The zero-order valence-corrected chi connectivity index (χ0v) is 10.2. The molecule has 1 rings (SSSR count). The van der Waals surface area contributed by atoms with Crippen molar-refractivity contribution in [1.82, 2.24) is 0 Å². The molecule has 0 aliphatic heterocycles. The molecule has 94 valence electrons. The van der Waals surface area contributed by atoms with Gasteiger partial charge >= 0.3 is 5.97 Å². The number of rotatable bonds is 5. The van der Waals surface area contributed by atoms with Crippen LogP contribution in [0.4, 0.5) is 8.78 Å². The summed E-state index contributed by atoms with van der Waals surface area (Å²) in [7, 11) is 0. The topological polar surface area (TPSA) is 37.3 Å². The molecule has 6 heteroatoms. The Bertz CT molecular complexity index is 422. The van der Waals surface area contributed by atoms with Gasteiger partial charge in [-0.15, -0.1) is 0 Å². The van der Waals surface area contributed by atoms with E-state index < -0.39 is 18.3 Å². The molecule has 0 spiro atoms. The van der Waals surface area contributed by atoms with Crippen molar-refractivity contribution in [2.24, 2.45) is 0 Å². The first kappa shape index (κ1) is 14.2. The Hall–Kier alpha value is -0.870. The lowest BCUT2D eigenvalue weighted by molar-refractivity contribution is -0.137. The van der Waals surface area contributed by atoms with Crippen LogP contribution in [0.15, 0.2) is 18.2 Å². The molecular weight excluding hydrogens is 273 g/mol. The highest BCUT2D eigenvalue weighted by Crippen LogP contribution is 2.38. The van der Waals surface area contributed by atoms with Gasteiger partial charge in [0, 0.05) is 23.4 Å². The zero-order chi connectivity index (χ0) is 13.1. The Labute approximate surface area is 107 Å². The maximum Gasteiger partial charge on any atom is 0.303 e. The van der Waals surface area contributed by atoms with Gasteiger partial charge in [0.25, 0.3) is 5.92 Å². The highest BCUT2D eigenvalue weighted by atomic mass is 35.5. The third-order valence-electron chi connectivity index (χ3n) is 2.21. The van der Waals surface area contributed by atoms with Crippen LogP contribution in [0.25, 0.3) is 0 Å². The van der Waals surface area contributed by atoms with Gasteiger partial charge in [0.15, 0.2) is 0 Å². The van der Waals surface area contributed by atoms with Gasteiger partial charge < -0.3 is 5.11 Å². The summed E-state index contributed by atoms with van der Waals surface area (Å²) in [6.45, 7) is 0. The first-order valence-corrected chi connectivity index (χ1v) is 5.63. The first-order chi connectivity index (χ1) is 7.83. The first-order valence-electron chi connectivity index (χ1n) is 4.88. The van der Waals surface area contributed by atoms with Crippen molar-refractivity contribution in [3.63, 3.8) is 0 Å². The lowest BCUT2D eigenvalue weighted by Gasteiger charge is -2.17. The lowest BCUT2D eigenvalue weighted by atomic mass is 10.0. The summed E-state index contributed by atoms with van der Waals surface area (Å²) in [6, 6.07) is 3.73. The molecule has 0 atom stereocenters. The third kappa shape index (κ3) is 4.13. The molecule has 0 aliphatic rings. The molecule has 2 nitrogen and oxygen atoms in total. The summed E-state index contributed by atoms with van der Waals surface area (Å²) < 4.78 is 27.4. The van der Waals surface area contributed by atoms with E-state index in [1.807, 2.05) is 0 Å². The quantitative estimate of drug-likeness (QED) is 0.872. The smallest absolute Gasteiger partial charge is 0.303 e. The van der Waals surface area contributed by atoms with E-state index in [-0.39, 0.29) is 28.5 Å². The molecule has 0 radical (unpaired) electrons. The number of aliphatic carboxylic acids is 1. The molecule has 0 saturated carbocycles. The second kappa shape index (κ2) is 5.65. The third-order valence-corrected chi connectivity index (χ3v) is 2.75. The minimum Gasteiger partial charge on any atom is -0.481 e. The fraction of sp³-hybridized carbons (Fsp3) is 0.364. The molecule has 0 aliphatic carbocycles. The van der Waals surface area contributed by atoms with Crippen LogP contribution >= 0.6 is 23.2 Å². The molecule has 1 aromatic rings. The number of carboxylic acid groups (broad SMARTS) is 1. The Morgan fingerprint density at radius 1 is 1.35 bits per heavy atom. The highest BCUT2D eigenvalue weighted by Gasteiger charge is 2.33. The van der Waals surface area contributed by atoms with Crippen molar-refractivity contribution in [2.45, 2.75) is 25.2 Å². The minimum atomic E-state index is -3.14. The van der Waals surface area contributed by atoms with Crippen LogP contribution in [0.2, 0.25) is 10.0 Å². The summed E-state index contributed by atoms with van der Waals surface area (Å²) in [6.07, 6.45) is -0.956. The van der Waals surface area contributed by atoms with Gasteiger partial charge in [-0.1, -0.05) is 29.3 Å². The van der Waals surface area contributed by atoms with Crippen molar-refractivity contribution in [1.29, 1.82) is 0 Å². The average Bonchev–Trinajstić information content (AvgIpc) is 2.15. The summed E-state index contributed by atoms with van der Waals surface area (Å²) in [5, 5.41) is 8.55. The van der Waals surface area contributed by atoms with Crippen molar-refractivity contribution in [3.8, 4) is 0 Å². The molecule has 0 heterocycles.